The van der Waals surface area contributed by atoms with Gasteiger partial charge in [-0.05, 0) is 34.5 Å². The smallest absolute Gasteiger partial charge is 0.103 e. The highest BCUT2D eigenvalue weighted by Gasteiger charge is 1.99. The van der Waals surface area contributed by atoms with Gasteiger partial charge in [0.2, 0.25) is 0 Å². The Morgan fingerprint density at radius 3 is 3.00 bits per heavy atom. The van der Waals surface area contributed by atoms with Crippen molar-refractivity contribution in [2.45, 2.75) is 6.92 Å². The SMILES string of the molecule is Cc1cccc(NCC#N)c1Br. The van der Waals surface area contributed by atoms with Gasteiger partial charge in [-0.15, -0.1) is 0 Å². The largest absolute Gasteiger partial charge is 0.371 e. The molecule has 12 heavy (non-hydrogen) atoms. The lowest BCUT2D eigenvalue weighted by Crippen LogP contribution is -1.99. The highest BCUT2D eigenvalue weighted by atomic mass is 79.9. The fourth-order valence-corrected chi connectivity index (χ4v) is 1.32. The van der Waals surface area contributed by atoms with E-state index in [1.807, 2.05) is 31.2 Å². The average Bonchev–Trinajstić information content (AvgIpc) is 2.08. The highest BCUT2D eigenvalue weighted by molar-refractivity contribution is 9.10. The van der Waals surface area contributed by atoms with Crippen LogP contribution in [-0.4, -0.2) is 6.54 Å². The third-order valence-electron chi connectivity index (χ3n) is 1.55. The number of halogens is 1. The van der Waals surface area contributed by atoms with Crippen LogP contribution in [0.1, 0.15) is 5.56 Å². The van der Waals surface area contributed by atoms with Crippen LogP contribution in [0.4, 0.5) is 5.69 Å². The van der Waals surface area contributed by atoms with E-state index in [1.165, 1.54) is 0 Å². The minimum Gasteiger partial charge on any atom is -0.371 e. The Morgan fingerprint density at radius 1 is 1.58 bits per heavy atom. The molecule has 0 bridgehead atoms. The summed E-state index contributed by atoms with van der Waals surface area (Å²) in [7, 11) is 0. The molecule has 1 aromatic carbocycles. The summed E-state index contributed by atoms with van der Waals surface area (Å²) in [6.07, 6.45) is 0. The second-order valence-corrected chi connectivity index (χ2v) is 3.24. The minimum absolute atomic E-state index is 0.335. The van der Waals surface area contributed by atoms with E-state index in [9.17, 15) is 0 Å². The van der Waals surface area contributed by atoms with Crippen LogP contribution in [-0.2, 0) is 0 Å². The lowest BCUT2D eigenvalue weighted by molar-refractivity contribution is 1.29. The van der Waals surface area contributed by atoms with Crippen molar-refractivity contribution in [1.82, 2.24) is 0 Å². The van der Waals surface area contributed by atoms with Gasteiger partial charge in [-0.1, -0.05) is 12.1 Å². The fraction of sp³-hybridized carbons (Fsp3) is 0.222. The third-order valence-corrected chi connectivity index (χ3v) is 2.60. The summed E-state index contributed by atoms with van der Waals surface area (Å²) in [5, 5.41) is 11.4. The zero-order valence-corrected chi connectivity index (χ0v) is 8.35. The Kier molecular flexibility index (Phi) is 3.12. The van der Waals surface area contributed by atoms with Crippen molar-refractivity contribution in [3.63, 3.8) is 0 Å². The molecule has 0 atom stereocenters. The predicted molar refractivity (Wildman–Crippen MR) is 53.0 cm³/mol. The van der Waals surface area contributed by atoms with Crippen LogP contribution in [0.2, 0.25) is 0 Å². The lowest BCUT2D eigenvalue weighted by atomic mass is 10.2. The molecule has 62 valence electrons. The first-order valence-electron chi connectivity index (χ1n) is 3.61. The first kappa shape index (κ1) is 9.08. The Bertz CT molecular complexity index is 315. The van der Waals surface area contributed by atoms with Crippen LogP contribution in [0.25, 0.3) is 0 Å². The maximum Gasteiger partial charge on any atom is 0.103 e. The molecule has 0 saturated carbocycles. The lowest BCUT2D eigenvalue weighted by Gasteiger charge is -2.06. The van der Waals surface area contributed by atoms with Crippen molar-refractivity contribution in [1.29, 1.82) is 5.26 Å². The molecule has 0 fully saturated rings. The second kappa shape index (κ2) is 4.13. The van der Waals surface area contributed by atoms with E-state index >= 15 is 0 Å². The molecule has 0 spiro atoms. The first-order chi connectivity index (χ1) is 5.75. The van der Waals surface area contributed by atoms with Gasteiger partial charge in [-0.25, -0.2) is 0 Å². The summed E-state index contributed by atoms with van der Waals surface area (Å²) >= 11 is 3.44. The quantitative estimate of drug-likeness (QED) is 0.785. The maximum absolute atomic E-state index is 8.36. The third kappa shape index (κ3) is 1.99. The molecule has 0 aliphatic rings. The Balaban J connectivity index is 2.86. The fourth-order valence-electron chi connectivity index (χ4n) is 0.919. The summed E-state index contributed by atoms with van der Waals surface area (Å²) in [5.74, 6) is 0. The first-order valence-corrected chi connectivity index (χ1v) is 4.41. The van der Waals surface area contributed by atoms with Crippen LogP contribution >= 0.6 is 15.9 Å². The van der Waals surface area contributed by atoms with Crippen molar-refractivity contribution in [3.05, 3.63) is 28.2 Å². The molecular formula is C9H9BrN2. The van der Waals surface area contributed by atoms with E-state index in [0.29, 0.717) is 6.54 Å². The van der Waals surface area contributed by atoms with Gasteiger partial charge in [0.05, 0.1) is 6.07 Å². The van der Waals surface area contributed by atoms with Gasteiger partial charge in [0.25, 0.3) is 0 Å². The molecule has 1 aromatic rings. The number of aryl methyl sites for hydroxylation is 1. The zero-order valence-electron chi connectivity index (χ0n) is 6.76. The van der Waals surface area contributed by atoms with E-state index in [2.05, 4.69) is 21.2 Å². The molecule has 0 amide bonds. The summed E-state index contributed by atoms with van der Waals surface area (Å²) in [4.78, 5) is 0. The number of hydrogen-bond donors (Lipinski definition) is 1. The van der Waals surface area contributed by atoms with E-state index in [-0.39, 0.29) is 0 Å². The van der Waals surface area contributed by atoms with E-state index < -0.39 is 0 Å². The van der Waals surface area contributed by atoms with E-state index in [0.717, 1.165) is 15.7 Å². The topological polar surface area (TPSA) is 35.8 Å². The molecule has 1 N–H and O–H groups in total. The number of hydrogen-bond acceptors (Lipinski definition) is 2. The Morgan fingerprint density at radius 2 is 2.33 bits per heavy atom. The molecule has 0 radical (unpaired) electrons. The van der Waals surface area contributed by atoms with Gasteiger partial charge in [0.1, 0.15) is 6.54 Å². The number of rotatable bonds is 2. The van der Waals surface area contributed by atoms with Crippen LogP contribution in [0.15, 0.2) is 22.7 Å². The number of nitriles is 1. The summed E-state index contributed by atoms with van der Waals surface area (Å²) < 4.78 is 1.03. The van der Waals surface area contributed by atoms with Crippen molar-refractivity contribution >= 4 is 21.6 Å². The Hall–Kier alpha value is -1.01. The molecular weight excluding hydrogens is 216 g/mol. The van der Waals surface area contributed by atoms with Gasteiger partial charge >= 0.3 is 0 Å². The predicted octanol–water partition coefficient (Wildman–Crippen LogP) is 2.69. The van der Waals surface area contributed by atoms with Crippen LogP contribution in [0, 0.1) is 18.3 Å². The molecule has 0 saturated heterocycles. The van der Waals surface area contributed by atoms with Crippen molar-refractivity contribution in [3.8, 4) is 6.07 Å². The molecule has 1 rings (SSSR count). The van der Waals surface area contributed by atoms with Gasteiger partial charge in [0, 0.05) is 10.2 Å². The summed E-state index contributed by atoms with van der Waals surface area (Å²) in [6.45, 7) is 2.35. The molecule has 3 heteroatoms. The summed E-state index contributed by atoms with van der Waals surface area (Å²) in [6, 6.07) is 7.94. The minimum atomic E-state index is 0.335. The number of benzene rings is 1. The Labute approximate surface area is 80.3 Å². The normalized spacial score (nSPS) is 9.08. The monoisotopic (exact) mass is 224 g/mol. The van der Waals surface area contributed by atoms with Gasteiger partial charge in [0.15, 0.2) is 0 Å². The van der Waals surface area contributed by atoms with E-state index in [4.69, 9.17) is 5.26 Å². The zero-order chi connectivity index (χ0) is 8.97. The second-order valence-electron chi connectivity index (χ2n) is 2.45. The van der Waals surface area contributed by atoms with Crippen molar-refractivity contribution in [2.75, 3.05) is 11.9 Å². The number of nitrogens with zero attached hydrogens (tertiary/aromatic N) is 1. The van der Waals surface area contributed by atoms with Crippen molar-refractivity contribution in [2.24, 2.45) is 0 Å². The standard InChI is InChI=1S/C9H9BrN2/c1-7-3-2-4-8(9(7)10)12-6-5-11/h2-4,12H,6H2,1H3. The molecule has 0 aliphatic heterocycles. The molecule has 0 aliphatic carbocycles. The average molecular weight is 225 g/mol. The van der Waals surface area contributed by atoms with Crippen LogP contribution < -0.4 is 5.32 Å². The molecule has 0 heterocycles. The van der Waals surface area contributed by atoms with E-state index in [1.54, 1.807) is 0 Å². The number of nitrogens with one attached hydrogen (secondary N) is 1. The van der Waals surface area contributed by atoms with Crippen molar-refractivity contribution < 1.29 is 0 Å². The molecule has 2 nitrogen and oxygen atoms in total. The van der Waals surface area contributed by atoms with Crippen LogP contribution in [0.5, 0.6) is 0 Å². The number of anilines is 1. The highest BCUT2D eigenvalue weighted by Crippen LogP contribution is 2.25. The maximum atomic E-state index is 8.36. The summed E-state index contributed by atoms with van der Waals surface area (Å²) in [5.41, 5.74) is 2.13. The van der Waals surface area contributed by atoms with Gasteiger partial charge in [-0.2, -0.15) is 5.26 Å². The molecule has 0 unspecified atom stereocenters. The molecule has 0 aromatic heterocycles. The van der Waals surface area contributed by atoms with Gasteiger partial charge < -0.3 is 5.32 Å². The van der Waals surface area contributed by atoms with Crippen LogP contribution in [0.3, 0.4) is 0 Å². The van der Waals surface area contributed by atoms with Gasteiger partial charge in [-0.3, -0.25) is 0 Å².